The first-order valence-corrected chi connectivity index (χ1v) is 2.97. The third-order valence-electron chi connectivity index (χ3n) is 0.934. The Balaban J connectivity index is -0.000000245. The summed E-state index contributed by atoms with van der Waals surface area (Å²) >= 11 is 0. The summed E-state index contributed by atoms with van der Waals surface area (Å²) in [6, 6.07) is 0. The molecule has 0 rings (SSSR count). The van der Waals surface area contributed by atoms with Crippen molar-refractivity contribution in [1.29, 1.82) is 0 Å². The van der Waals surface area contributed by atoms with Gasteiger partial charge in [0, 0.05) is 0 Å². The van der Waals surface area contributed by atoms with Crippen LogP contribution in [-0.2, 0) is 9.53 Å². The zero-order valence-corrected chi connectivity index (χ0v) is 9.35. The van der Waals surface area contributed by atoms with Crippen molar-refractivity contribution in [2.75, 3.05) is 6.61 Å². The average molecular weight is 156 g/mol. The van der Waals surface area contributed by atoms with Crippen LogP contribution in [0.1, 0.15) is 27.6 Å². The van der Waals surface area contributed by atoms with E-state index in [-0.39, 0.29) is 52.8 Å². The van der Waals surface area contributed by atoms with Crippen LogP contribution < -0.4 is 51.4 Å². The van der Waals surface area contributed by atoms with Crippen LogP contribution in [-0.4, -0.2) is 13.1 Å². The Labute approximate surface area is 100 Å². The Morgan fingerprint density at radius 1 is 1.56 bits per heavy atom. The van der Waals surface area contributed by atoms with Crippen LogP contribution in [0.5, 0.6) is 0 Å². The molecule has 0 aliphatic rings. The van der Waals surface area contributed by atoms with Crippen molar-refractivity contribution < 1.29 is 62.3 Å². The third-order valence-corrected chi connectivity index (χ3v) is 0.934. The fourth-order valence-electron chi connectivity index (χ4n) is 0.484. The van der Waals surface area contributed by atoms with Gasteiger partial charge in [-0.2, -0.15) is 0 Å². The number of carbonyl (C=O) groups is 1. The maximum Gasteiger partial charge on any atom is 1.00 e. The molecular formula is C6H13KO2. The van der Waals surface area contributed by atoms with E-state index in [0.29, 0.717) is 13.1 Å². The minimum atomic E-state index is 0. The normalized spacial score (nSPS) is 7.67. The summed E-state index contributed by atoms with van der Waals surface area (Å²) in [7, 11) is 0. The first kappa shape index (κ1) is 12.8. The predicted octanol–water partition coefficient (Wildman–Crippen LogP) is -1.53. The molecule has 0 aromatic heterocycles. The van der Waals surface area contributed by atoms with E-state index in [1.807, 2.05) is 0 Å². The summed E-state index contributed by atoms with van der Waals surface area (Å²) in [5, 5.41) is 0. The van der Waals surface area contributed by atoms with E-state index in [2.05, 4.69) is 11.7 Å². The van der Waals surface area contributed by atoms with Gasteiger partial charge in [0.25, 0.3) is 6.47 Å². The molecule has 0 fully saturated rings. The number of hydrogen-bond acceptors (Lipinski definition) is 2. The van der Waals surface area contributed by atoms with Gasteiger partial charge in [-0.1, -0.05) is 19.8 Å². The van der Waals surface area contributed by atoms with E-state index in [1.54, 1.807) is 0 Å². The molecule has 0 heterocycles. The Kier molecular flexibility index (Phi) is 16.8. The molecule has 0 saturated heterocycles. The van der Waals surface area contributed by atoms with Crippen LogP contribution in [0.3, 0.4) is 0 Å². The van der Waals surface area contributed by atoms with Crippen molar-refractivity contribution in [3.8, 4) is 0 Å². The molecule has 0 aromatic carbocycles. The van der Waals surface area contributed by atoms with E-state index in [4.69, 9.17) is 0 Å². The quantitative estimate of drug-likeness (QED) is 0.274. The maximum absolute atomic E-state index is 9.55. The second kappa shape index (κ2) is 11.8. The van der Waals surface area contributed by atoms with Gasteiger partial charge >= 0.3 is 51.4 Å². The first-order valence-electron chi connectivity index (χ1n) is 2.97. The predicted molar refractivity (Wildman–Crippen MR) is 32.7 cm³/mol. The second-order valence-electron chi connectivity index (χ2n) is 1.67. The van der Waals surface area contributed by atoms with Gasteiger partial charge in [0.15, 0.2) is 0 Å². The molecule has 0 N–H and O–H groups in total. The summed E-state index contributed by atoms with van der Waals surface area (Å²) < 4.78 is 4.46. The number of hydrogen-bond donors (Lipinski definition) is 0. The Bertz CT molecular complexity index is 61.7. The van der Waals surface area contributed by atoms with Crippen LogP contribution in [0.4, 0.5) is 0 Å². The standard InChI is InChI=1S/C6H12O2.K.H/c1-2-3-4-5-8-6-7;;/h6H,2-5H2,1H3;;/q;+1;-1. The van der Waals surface area contributed by atoms with Crippen molar-refractivity contribution in [3.05, 3.63) is 0 Å². The summed E-state index contributed by atoms with van der Waals surface area (Å²) in [4.78, 5) is 9.55. The molecular weight excluding hydrogens is 143 g/mol. The molecule has 0 amide bonds. The van der Waals surface area contributed by atoms with Gasteiger partial charge < -0.3 is 6.16 Å². The average Bonchev–Trinajstić information content (AvgIpc) is 1.81. The van der Waals surface area contributed by atoms with E-state index in [9.17, 15) is 4.79 Å². The van der Waals surface area contributed by atoms with Crippen LogP contribution in [0, 0.1) is 0 Å². The SMILES string of the molecule is CCCCCOC=O.[H-].[K+]. The number of carbonyl (C=O) groups excluding carboxylic acids is 1. The van der Waals surface area contributed by atoms with Gasteiger partial charge in [0.2, 0.25) is 0 Å². The molecule has 50 valence electrons. The molecule has 0 saturated carbocycles. The molecule has 9 heavy (non-hydrogen) atoms. The van der Waals surface area contributed by atoms with Crippen molar-refractivity contribution in [2.24, 2.45) is 0 Å². The number of unbranched alkanes of at least 4 members (excludes halogenated alkanes) is 2. The Hall–Kier alpha value is 1.11. The van der Waals surface area contributed by atoms with Crippen LogP contribution >= 0.6 is 0 Å². The Morgan fingerprint density at radius 3 is 2.67 bits per heavy atom. The summed E-state index contributed by atoms with van der Waals surface area (Å²) in [6.45, 7) is 3.19. The minimum absolute atomic E-state index is 0. The maximum atomic E-state index is 9.55. The topological polar surface area (TPSA) is 26.3 Å². The molecule has 2 nitrogen and oxygen atoms in total. The first-order chi connectivity index (χ1) is 3.91. The van der Waals surface area contributed by atoms with Crippen molar-refractivity contribution >= 4 is 6.47 Å². The van der Waals surface area contributed by atoms with Crippen LogP contribution in [0.15, 0.2) is 0 Å². The molecule has 0 aliphatic heterocycles. The molecule has 3 heteroatoms. The number of rotatable bonds is 5. The van der Waals surface area contributed by atoms with Gasteiger partial charge in [0.1, 0.15) is 0 Å². The fourth-order valence-corrected chi connectivity index (χ4v) is 0.484. The van der Waals surface area contributed by atoms with E-state index in [1.165, 1.54) is 6.42 Å². The minimum Gasteiger partial charge on any atom is -1.00 e. The smallest absolute Gasteiger partial charge is 1.00 e. The second-order valence-corrected chi connectivity index (χ2v) is 1.67. The number of ether oxygens (including phenoxy) is 1. The van der Waals surface area contributed by atoms with E-state index >= 15 is 0 Å². The zero-order valence-electron chi connectivity index (χ0n) is 7.22. The van der Waals surface area contributed by atoms with Gasteiger partial charge in [0.05, 0.1) is 6.61 Å². The summed E-state index contributed by atoms with van der Waals surface area (Å²) in [6.07, 6.45) is 3.31. The summed E-state index contributed by atoms with van der Waals surface area (Å²) in [5.41, 5.74) is 0. The molecule has 0 bridgehead atoms. The monoisotopic (exact) mass is 156 g/mol. The Morgan fingerprint density at radius 2 is 2.22 bits per heavy atom. The molecule has 0 aliphatic carbocycles. The van der Waals surface area contributed by atoms with Crippen molar-refractivity contribution in [1.82, 2.24) is 0 Å². The molecule has 0 atom stereocenters. The fraction of sp³-hybridized carbons (Fsp3) is 0.833. The van der Waals surface area contributed by atoms with E-state index < -0.39 is 0 Å². The van der Waals surface area contributed by atoms with E-state index in [0.717, 1.165) is 12.8 Å². The molecule has 0 radical (unpaired) electrons. The van der Waals surface area contributed by atoms with Gasteiger partial charge in [-0.05, 0) is 6.42 Å². The van der Waals surface area contributed by atoms with Crippen molar-refractivity contribution in [3.63, 3.8) is 0 Å². The van der Waals surface area contributed by atoms with Crippen LogP contribution in [0.25, 0.3) is 0 Å². The molecule has 0 aromatic rings. The molecule has 0 spiro atoms. The molecule has 0 unspecified atom stereocenters. The van der Waals surface area contributed by atoms with Crippen molar-refractivity contribution in [2.45, 2.75) is 26.2 Å². The zero-order chi connectivity index (χ0) is 6.24. The van der Waals surface area contributed by atoms with Gasteiger partial charge in [-0.3, -0.25) is 4.79 Å². The van der Waals surface area contributed by atoms with Crippen LogP contribution in [0.2, 0.25) is 0 Å². The van der Waals surface area contributed by atoms with Gasteiger partial charge in [-0.15, -0.1) is 0 Å². The third kappa shape index (κ3) is 12.3. The van der Waals surface area contributed by atoms with Gasteiger partial charge in [-0.25, -0.2) is 0 Å². The summed E-state index contributed by atoms with van der Waals surface area (Å²) in [5.74, 6) is 0. The largest absolute Gasteiger partial charge is 1.00 e.